The lowest BCUT2D eigenvalue weighted by atomic mass is 10.2. The molecule has 98 valence electrons. The monoisotopic (exact) mass is 274 g/mol. The Balaban J connectivity index is 1.92. The van der Waals surface area contributed by atoms with Crippen LogP contribution >= 0.6 is 11.3 Å². The minimum atomic E-state index is 0.571. The van der Waals surface area contributed by atoms with Crippen molar-refractivity contribution in [1.82, 2.24) is 15.1 Å². The highest BCUT2D eigenvalue weighted by atomic mass is 32.1. The standard InChI is InChI=1S/C13H14N4OS/c1-7-4-10(18-17-7)5-14-12-11-8(2)9(3)19-13(11)16-6-15-12/h4,6H,5H2,1-3H3,(H,14,15,16). The molecule has 5 nitrogen and oxygen atoms in total. The van der Waals surface area contributed by atoms with Crippen LogP contribution in [0.15, 0.2) is 16.9 Å². The fraction of sp³-hybridized carbons (Fsp3) is 0.308. The molecule has 0 fully saturated rings. The second kappa shape index (κ2) is 4.62. The van der Waals surface area contributed by atoms with Gasteiger partial charge in [-0.25, -0.2) is 9.97 Å². The van der Waals surface area contributed by atoms with Crippen LogP contribution in [0.1, 0.15) is 21.9 Å². The highest BCUT2D eigenvalue weighted by Crippen LogP contribution is 2.32. The maximum absolute atomic E-state index is 5.18. The first-order valence-corrected chi connectivity index (χ1v) is 6.83. The molecule has 19 heavy (non-hydrogen) atoms. The third kappa shape index (κ3) is 2.19. The van der Waals surface area contributed by atoms with Gasteiger partial charge in [-0.05, 0) is 26.3 Å². The third-order valence-corrected chi connectivity index (χ3v) is 4.19. The summed E-state index contributed by atoms with van der Waals surface area (Å²) in [5, 5.41) is 8.26. The number of aryl methyl sites for hydroxylation is 3. The molecule has 0 unspecified atom stereocenters. The van der Waals surface area contributed by atoms with Crippen LogP contribution in [-0.4, -0.2) is 15.1 Å². The third-order valence-electron chi connectivity index (χ3n) is 3.07. The Hall–Kier alpha value is -1.95. The van der Waals surface area contributed by atoms with Gasteiger partial charge in [0.25, 0.3) is 0 Å². The predicted molar refractivity (Wildman–Crippen MR) is 75.5 cm³/mol. The van der Waals surface area contributed by atoms with E-state index >= 15 is 0 Å². The van der Waals surface area contributed by atoms with E-state index in [2.05, 4.69) is 34.3 Å². The Bertz CT molecular complexity index is 731. The molecule has 0 aliphatic carbocycles. The van der Waals surface area contributed by atoms with Crippen LogP contribution in [0.25, 0.3) is 10.2 Å². The number of fused-ring (bicyclic) bond motifs is 1. The minimum Gasteiger partial charge on any atom is -0.362 e. The lowest BCUT2D eigenvalue weighted by Gasteiger charge is -2.04. The van der Waals surface area contributed by atoms with Crippen LogP contribution in [0.2, 0.25) is 0 Å². The smallest absolute Gasteiger partial charge is 0.156 e. The van der Waals surface area contributed by atoms with E-state index < -0.39 is 0 Å². The van der Waals surface area contributed by atoms with Crippen molar-refractivity contribution >= 4 is 27.4 Å². The van der Waals surface area contributed by atoms with Crippen LogP contribution in [0, 0.1) is 20.8 Å². The van der Waals surface area contributed by atoms with E-state index in [9.17, 15) is 0 Å². The number of hydrogen-bond donors (Lipinski definition) is 1. The number of aromatic nitrogens is 3. The summed E-state index contributed by atoms with van der Waals surface area (Å²) in [5.41, 5.74) is 2.11. The van der Waals surface area contributed by atoms with Crippen molar-refractivity contribution in [3.8, 4) is 0 Å². The highest BCUT2D eigenvalue weighted by molar-refractivity contribution is 7.18. The second-order valence-corrected chi connectivity index (χ2v) is 5.68. The molecular weight excluding hydrogens is 260 g/mol. The second-order valence-electron chi connectivity index (χ2n) is 4.47. The van der Waals surface area contributed by atoms with Crippen molar-refractivity contribution in [2.24, 2.45) is 0 Å². The van der Waals surface area contributed by atoms with Gasteiger partial charge < -0.3 is 9.84 Å². The summed E-state index contributed by atoms with van der Waals surface area (Å²) in [4.78, 5) is 10.9. The maximum atomic E-state index is 5.18. The summed E-state index contributed by atoms with van der Waals surface area (Å²) in [7, 11) is 0. The van der Waals surface area contributed by atoms with Crippen molar-refractivity contribution in [2.45, 2.75) is 27.3 Å². The molecule has 3 aromatic rings. The summed E-state index contributed by atoms with van der Waals surface area (Å²) in [6.07, 6.45) is 1.59. The molecule has 1 N–H and O–H groups in total. The van der Waals surface area contributed by atoms with Crippen molar-refractivity contribution in [3.63, 3.8) is 0 Å². The number of anilines is 1. The van der Waals surface area contributed by atoms with E-state index in [4.69, 9.17) is 4.52 Å². The first-order chi connectivity index (χ1) is 9.15. The van der Waals surface area contributed by atoms with Crippen molar-refractivity contribution < 1.29 is 4.52 Å². The predicted octanol–water partition coefficient (Wildman–Crippen LogP) is 3.22. The Kier molecular flexibility index (Phi) is 2.94. The van der Waals surface area contributed by atoms with Crippen molar-refractivity contribution in [1.29, 1.82) is 0 Å². The summed E-state index contributed by atoms with van der Waals surface area (Å²) in [5.74, 6) is 1.65. The van der Waals surface area contributed by atoms with E-state index in [1.165, 1.54) is 10.4 Å². The Morgan fingerprint density at radius 1 is 1.26 bits per heavy atom. The maximum Gasteiger partial charge on any atom is 0.156 e. The number of thiophene rings is 1. The molecule has 6 heteroatoms. The lowest BCUT2D eigenvalue weighted by Crippen LogP contribution is -2.01. The van der Waals surface area contributed by atoms with Gasteiger partial charge in [0.05, 0.1) is 17.6 Å². The van der Waals surface area contributed by atoms with Crippen LogP contribution in [0.5, 0.6) is 0 Å². The zero-order valence-electron chi connectivity index (χ0n) is 11.0. The minimum absolute atomic E-state index is 0.571. The lowest BCUT2D eigenvalue weighted by molar-refractivity contribution is 0.384. The number of nitrogens with one attached hydrogen (secondary N) is 1. The Labute approximate surface area is 114 Å². The number of nitrogens with zero attached hydrogens (tertiary/aromatic N) is 3. The van der Waals surface area contributed by atoms with Gasteiger partial charge in [-0.15, -0.1) is 11.3 Å². The van der Waals surface area contributed by atoms with Gasteiger partial charge in [0.2, 0.25) is 0 Å². The Morgan fingerprint density at radius 3 is 2.84 bits per heavy atom. The van der Waals surface area contributed by atoms with Gasteiger partial charge >= 0.3 is 0 Å². The van der Waals surface area contributed by atoms with E-state index in [-0.39, 0.29) is 0 Å². The van der Waals surface area contributed by atoms with Crippen LogP contribution in [0.3, 0.4) is 0 Å². The van der Waals surface area contributed by atoms with Crippen molar-refractivity contribution in [2.75, 3.05) is 5.32 Å². The fourth-order valence-electron chi connectivity index (χ4n) is 1.99. The largest absolute Gasteiger partial charge is 0.362 e. The van der Waals surface area contributed by atoms with Gasteiger partial charge in [-0.2, -0.15) is 0 Å². The van der Waals surface area contributed by atoms with Gasteiger partial charge in [-0.3, -0.25) is 0 Å². The van der Waals surface area contributed by atoms with E-state index in [1.807, 2.05) is 13.0 Å². The van der Waals surface area contributed by atoms with Crippen LogP contribution in [-0.2, 0) is 6.54 Å². The number of rotatable bonds is 3. The van der Waals surface area contributed by atoms with Gasteiger partial charge in [0.1, 0.15) is 17.0 Å². The first kappa shape index (κ1) is 12.1. The zero-order valence-corrected chi connectivity index (χ0v) is 11.8. The molecule has 3 heterocycles. The molecule has 0 aromatic carbocycles. The molecule has 0 saturated heterocycles. The zero-order chi connectivity index (χ0) is 13.4. The summed E-state index contributed by atoms with van der Waals surface area (Å²) in [6.45, 7) is 6.68. The first-order valence-electron chi connectivity index (χ1n) is 6.02. The molecule has 3 aromatic heterocycles. The molecule has 3 rings (SSSR count). The molecule has 0 aliphatic heterocycles. The van der Waals surface area contributed by atoms with Gasteiger partial charge in [-0.1, -0.05) is 5.16 Å². The van der Waals surface area contributed by atoms with E-state index in [0.717, 1.165) is 27.5 Å². The molecule has 0 saturated carbocycles. The number of hydrogen-bond acceptors (Lipinski definition) is 6. The van der Waals surface area contributed by atoms with Crippen LogP contribution in [0.4, 0.5) is 5.82 Å². The van der Waals surface area contributed by atoms with Crippen LogP contribution < -0.4 is 5.32 Å². The molecule has 0 aliphatic rings. The van der Waals surface area contributed by atoms with E-state index in [1.54, 1.807) is 17.7 Å². The van der Waals surface area contributed by atoms with Gasteiger partial charge in [0, 0.05) is 10.9 Å². The molecule has 0 bridgehead atoms. The topological polar surface area (TPSA) is 63.8 Å². The normalized spacial score (nSPS) is 11.1. The summed E-state index contributed by atoms with van der Waals surface area (Å²) < 4.78 is 5.18. The molecule has 0 amide bonds. The van der Waals surface area contributed by atoms with E-state index in [0.29, 0.717) is 6.54 Å². The summed E-state index contributed by atoms with van der Waals surface area (Å²) >= 11 is 1.69. The van der Waals surface area contributed by atoms with Crippen molar-refractivity contribution in [3.05, 3.63) is 34.3 Å². The van der Waals surface area contributed by atoms with Gasteiger partial charge in [0.15, 0.2) is 5.76 Å². The average molecular weight is 274 g/mol. The molecule has 0 spiro atoms. The average Bonchev–Trinajstić information content (AvgIpc) is 2.93. The quantitative estimate of drug-likeness (QED) is 0.794. The Morgan fingerprint density at radius 2 is 2.11 bits per heavy atom. The molecule has 0 radical (unpaired) electrons. The molecular formula is C13H14N4OS. The highest BCUT2D eigenvalue weighted by Gasteiger charge is 2.12. The molecule has 0 atom stereocenters. The fourth-order valence-corrected chi connectivity index (χ4v) is 2.98. The summed E-state index contributed by atoms with van der Waals surface area (Å²) in [6, 6.07) is 1.91. The SMILES string of the molecule is Cc1cc(CNc2ncnc3sc(C)c(C)c23)on1.